The van der Waals surface area contributed by atoms with E-state index >= 15 is 0 Å². The van der Waals surface area contributed by atoms with Crippen molar-refractivity contribution in [2.45, 2.75) is 25.9 Å². The van der Waals surface area contributed by atoms with Gasteiger partial charge in [0, 0.05) is 24.4 Å². The Labute approximate surface area is 94.3 Å². The number of aliphatic hydroxyl groups is 1. The van der Waals surface area contributed by atoms with Crippen molar-refractivity contribution in [3.8, 4) is 0 Å². The summed E-state index contributed by atoms with van der Waals surface area (Å²) in [4.78, 5) is 9.98. The number of benzene rings is 1. The molecule has 0 radical (unpaired) electrons. The van der Waals surface area contributed by atoms with Gasteiger partial charge in [0.2, 0.25) is 0 Å². The lowest BCUT2D eigenvalue weighted by Gasteiger charge is -2.09. The molecule has 2 N–H and O–H groups in total. The van der Waals surface area contributed by atoms with Gasteiger partial charge in [-0.1, -0.05) is 6.92 Å². The normalized spacial score (nSPS) is 12.1. The van der Waals surface area contributed by atoms with Crippen molar-refractivity contribution in [1.82, 2.24) is 0 Å². The molecule has 0 aliphatic carbocycles. The maximum Gasteiger partial charge on any atom is 0.269 e. The fourth-order valence-corrected chi connectivity index (χ4v) is 1.29. The Morgan fingerprint density at radius 3 is 2.56 bits per heavy atom. The molecule has 1 aromatic carbocycles. The van der Waals surface area contributed by atoms with E-state index in [-0.39, 0.29) is 11.8 Å². The van der Waals surface area contributed by atoms with E-state index in [0.717, 1.165) is 12.1 Å². The number of hydrogen-bond donors (Lipinski definition) is 2. The van der Waals surface area contributed by atoms with Crippen LogP contribution in [0.5, 0.6) is 0 Å². The highest BCUT2D eigenvalue weighted by Crippen LogP contribution is 2.15. The molecule has 1 atom stereocenters. The molecule has 0 saturated carbocycles. The van der Waals surface area contributed by atoms with Gasteiger partial charge in [-0.25, -0.2) is 0 Å². The second-order valence-corrected chi connectivity index (χ2v) is 3.58. The van der Waals surface area contributed by atoms with Crippen molar-refractivity contribution in [1.29, 1.82) is 0 Å². The Balaban J connectivity index is 2.40. The molecule has 0 saturated heterocycles. The smallest absolute Gasteiger partial charge is 0.269 e. The number of rotatable bonds is 6. The summed E-state index contributed by atoms with van der Waals surface area (Å²) in [5.74, 6) is 0. The molecule has 1 rings (SSSR count). The van der Waals surface area contributed by atoms with Crippen LogP contribution in [0.15, 0.2) is 24.3 Å². The molecule has 0 aliphatic rings. The standard InChI is InChI=1S/C11H16N2O3/c1-2-11(14)7-8-12-9-3-5-10(6-4-9)13(15)16/h3-6,11-12,14H,2,7-8H2,1H3. The Kier molecular flexibility index (Phi) is 4.72. The molecule has 16 heavy (non-hydrogen) atoms. The molecule has 0 amide bonds. The number of nitrogens with zero attached hydrogens (tertiary/aromatic N) is 1. The lowest BCUT2D eigenvalue weighted by Crippen LogP contribution is -2.12. The number of non-ortho nitro benzene ring substituents is 1. The van der Waals surface area contributed by atoms with Gasteiger partial charge in [-0.15, -0.1) is 0 Å². The summed E-state index contributed by atoms with van der Waals surface area (Å²) >= 11 is 0. The van der Waals surface area contributed by atoms with Gasteiger partial charge in [0.25, 0.3) is 5.69 Å². The Morgan fingerprint density at radius 1 is 1.44 bits per heavy atom. The summed E-state index contributed by atoms with van der Waals surface area (Å²) in [6.07, 6.45) is 1.13. The van der Waals surface area contributed by atoms with E-state index in [1.807, 2.05) is 6.92 Å². The minimum absolute atomic E-state index is 0.0825. The summed E-state index contributed by atoms with van der Waals surface area (Å²) in [6.45, 7) is 2.59. The third-order valence-corrected chi connectivity index (χ3v) is 2.36. The van der Waals surface area contributed by atoms with Crippen LogP contribution in [-0.4, -0.2) is 22.7 Å². The molecule has 0 spiro atoms. The van der Waals surface area contributed by atoms with Crippen LogP contribution in [0, 0.1) is 10.1 Å². The topological polar surface area (TPSA) is 75.4 Å². The number of anilines is 1. The Morgan fingerprint density at radius 2 is 2.06 bits per heavy atom. The van der Waals surface area contributed by atoms with Gasteiger partial charge in [-0.05, 0) is 25.0 Å². The quantitative estimate of drug-likeness (QED) is 0.573. The van der Waals surface area contributed by atoms with Crippen molar-refractivity contribution >= 4 is 11.4 Å². The van der Waals surface area contributed by atoms with Crippen LogP contribution in [0.25, 0.3) is 0 Å². The number of aliphatic hydroxyl groups excluding tert-OH is 1. The molecule has 0 fully saturated rings. The molecule has 5 heteroatoms. The maximum atomic E-state index is 10.4. The number of nitro groups is 1. The molecular weight excluding hydrogens is 208 g/mol. The highest BCUT2D eigenvalue weighted by molar-refractivity contribution is 5.48. The van der Waals surface area contributed by atoms with Crippen LogP contribution >= 0.6 is 0 Å². The van der Waals surface area contributed by atoms with E-state index in [4.69, 9.17) is 0 Å². The molecule has 88 valence electrons. The van der Waals surface area contributed by atoms with E-state index in [1.165, 1.54) is 12.1 Å². The molecule has 0 bridgehead atoms. The zero-order chi connectivity index (χ0) is 12.0. The summed E-state index contributed by atoms with van der Waals surface area (Å²) in [5, 5.41) is 22.8. The number of nitrogens with one attached hydrogen (secondary N) is 1. The lowest BCUT2D eigenvalue weighted by atomic mass is 10.2. The predicted octanol–water partition coefficient (Wildman–Crippen LogP) is 2.17. The SMILES string of the molecule is CCC(O)CCNc1ccc([N+](=O)[O-])cc1. The lowest BCUT2D eigenvalue weighted by molar-refractivity contribution is -0.384. The van der Waals surface area contributed by atoms with Crippen molar-refractivity contribution in [2.75, 3.05) is 11.9 Å². The second kappa shape index (κ2) is 6.07. The van der Waals surface area contributed by atoms with Crippen molar-refractivity contribution < 1.29 is 10.0 Å². The highest BCUT2D eigenvalue weighted by Gasteiger charge is 2.04. The molecule has 0 aromatic heterocycles. The number of nitro benzene ring substituents is 1. The fraction of sp³-hybridized carbons (Fsp3) is 0.455. The summed E-state index contributed by atoms with van der Waals surface area (Å²) in [7, 11) is 0. The minimum atomic E-state index is -0.426. The molecule has 0 aliphatic heterocycles. The van der Waals surface area contributed by atoms with Gasteiger partial charge < -0.3 is 10.4 Å². The predicted molar refractivity (Wildman–Crippen MR) is 62.5 cm³/mol. The first kappa shape index (κ1) is 12.4. The first-order chi connectivity index (χ1) is 7.63. The Hall–Kier alpha value is -1.62. The summed E-state index contributed by atoms with van der Waals surface area (Å²) in [6, 6.07) is 6.24. The van der Waals surface area contributed by atoms with Crippen LogP contribution in [0.4, 0.5) is 11.4 Å². The first-order valence-electron chi connectivity index (χ1n) is 5.30. The van der Waals surface area contributed by atoms with E-state index in [1.54, 1.807) is 12.1 Å². The van der Waals surface area contributed by atoms with Gasteiger partial charge in [-0.2, -0.15) is 0 Å². The van der Waals surface area contributed by atoms with E-state index in [9.17, 15) is 15.2 Å². The third kappa shape index (κ3) is 3.86. The largest absolute Gasteiger partial charge is 0.393 e. The van der Waals surface area contributed by atoms with E-state index in [0.29, 0.717) is 13.0 Å². The number of hydrogen-bond acceptors (Lipinski definition) is 4. The average Bonchev–Trinajstić information content (AvgIpc) is 2.29. The van der Waals surface area contributed by atoms with Crippen LogP contribution in [-0.2, 0) is 0 Å². The fourth-order valence-electron chi connectivity index (χ4n) is 1.29. The molecule has 5 nitrogen and oxygen atoms in total. The van der Waals surface area contributed by atoms with E-state index < -0.39 is 4.92 Å². The third-order valence-electron chi connectivity index (χ3n) is 2.36. The van der Waals surface area contributed by atoms with Crippen molar-refractivity contribution in [3.05, 3.63) is 34.4 Å². The molecule has 0 heterocycles. The monoisotopic (exact) mass is 224 g/mol. The van der Waals surface area contributed by atoms with Crippen molar-refractivity contribution in [2.24, 2.45) is 0 Å². The van der Waals surface area contributed by atoms with Crippen LogP contribution < -0.4 is 5.32 Å². The molecule has 1 unspecified atom stereocenters. The second-order valence-electron chi connectivity index (χ2n) is 3.58. The summed E-state index contributed by atoms with van der Waals surface area (Å²) < 4.78 is 0. The zero-order valence-corrected chi connectivity index (χ0v) is 9.22. The van der Waals surface area contributed by atoms with Gasteiger partial charge in [0.1, 0.15) is 0 Å². The minimum Gasteiger partial charge on any atom is -0.393 e. The maximum absolute atomic E-state index is 10.4. The van der Waals surface area contributed by atoms with Crippen LogP contribution in [0.3, 0.4) is 0 Å². The zero-order valence-electron chi connectivity index (χ0n) is 9.22. The first-order valence-corrected chi connectivity index (χ1v) is 5.30. The van der Waals surface area contributed by atoms with Crippen LogP contribution in [0.2, 0.25) is 0 Å². The summed E-state index contributed by atoms with van der Waals surface area (Å²) in [5.41, 5.74) is 0.910. The van der Waals surface area contributed by atoms with Gasteiger partial charge in [-0.3, -0.25) is 10.1 Å². The van der Waals surface area contributed by atoms with Gasteiger partial charge >= 0.3 is 0 Å². The van der Waals surface area contributed by atoms with Gasteiger partial charge in [0.15, 0.2) is 0 Å². The van der Waals surface area contributed by atoms with Crippen LogP contribution in [0.1, 0.15) is 19.8 Å². The Bertz CT molecular complexity index is 338. The highest BCUT2D eigenvalue weighted by atomic mass is 16.6. The van der Waals surface area contributed by atoms with Crippen molar-refractivity contribution in [3.63, 3.8) is 0 Å². The van der Waals surface area contributed by atoms with E-state index in [2.05, 4.69) is 5.32 Å². The average molecular weight is 224 g/mol. The van der Waals surface area contributed by atoms with Gasteiger partial charge in [0.05, 0.1) is 11.0 Å². The molecular formula is C11H16N2O3. The molecule has 1 aromatic rings.